The van der Waals surface area contributed by atoms with Crippen molar-refractivity contribution >= 4 is 11.6 Å². The fraction of sp³-hybridized carbons (Fsp3) is 0.333. The van der Waals surface area contributed by atoms with E-state index in [4.69, 9.17) is 11.6 Å². The summed E-state index contributed by atoms with van der Waals surface area (Å²) in [7, 11) is 0. The normalized spacial score (nSPS) is 14.2. The number of aromatic amines is 1. The van der Waals surface area contributed by atoms with Gasteiger partial charge in [-0.15, -0.1) is 10.2 Å². The van der Waals surface area contributed by atoms with Crippen molar-refractivity contribution in [1.29, 1.82) is 0 Å². The summed E-state index contributed by atoms with van der Waals surface area (Å²) in [6, 6.07) is 9.92. The van der Waals surface area contributed by atoms with Crippen LogP contribution in [0.15, 0.2) is 72.1 Å². The minimum absolute atomic E-state index is 0.0990. The van der Waals surface area contributed by atoms with Crippen molar-refractivity contribution in [1.82, 2.24) is 39.6 Å². The van der Waals surface area contributed by atoms with Crippen molar-refractivity contribution in [3.05, 3.63) is 94.0 Å². The van der Waals surface area contributed by atoms with Gasteiger partial charge >= 0.3 is 5.69 Å². The molecule has 0 bridgehead atoms. The number of H-pyrrole nitrogens is 1. The number of benzene rings is 1. The van der Waals surface area contributed by atoms with Crippen LogP contribution in [0.3, 0.4) is 0 Å². The molecule has 0 amide bonds. The third-order valence-corrected chi connectivity index (χ3v) is 7.10. The Balaban J connectivity index is 1.62. The van der Waals surface area contributed by atoms with Gasteiger partial charge in [0.25, 0.3) is 0 Å². The minimum atomic E-state index is -0.558. The highest BCUT2D eigenvalue weighted by molar-refractivity contribution is 6.32. The molecule has 0 radical (unpaired) electrons. The Labute approximate surface area is 220 Å². The molecule has 3 aromatic heterocycles. The fourth-order valence-electron chi connectivity index (χ4n) is 4.91. The van der Waals surface area contributed by atoms with Crippen molar-refractivity contribution in [2.45, 2.75) is 58.0 Å². The summed E-state index contributed by atoms with van der Waals surface area (Å²) in [6.45, 7) is 5.49. The number of unbranched alkanes of at least 4 members (excludes halogenated alkanes) is 1. The summed E-state index contributed by atoms with van der Waals surface area (Å²) in [4.78, 5) is 14.0. The van der Waals surface area contributed by atoms with Gasteiger partial charge in [-0.2, -0.15) is 5.21 Å². The fourth-order valence-corrected chi connectivity index (χ4v) is 5.16. The Morgan fingerprint density at radius 3 is 2.68 bits per heavy atom. The van der Waals surface area contributed by atoms with Crippen molar-refractivity contribution in [2.24, 2.45) is 0 Å². The van der Waals surface area contributed by atoms with E-state index in [1.165, 1.54) is 0 Å². The van der Waals surface area contributed by atoms with Crippen molar-refractivity contribution in [2.75, 3.05) is 0 Å². The van der Waals surface area contributed by atoms with Gasteiger partial charge in [0.2, 0.25) is 5.82 Å². The van der Waals surface area contributed by atoms with Crippen molar-refractivity contribution in [3.63, 3.8) is 0 Å². The first-order valence-corrected chi connectivity index (χ1v) is 13.1. The number of nitrogens with zero attached hydrogens (tertiary/aromatic N) is 6. The van der Waals surface area contributed by atoms with Crippen LogP contribution in [0.2, 0.25) is 5.02 Å². The lowest BCUT2D eigenvalue weighted by Crippen LogP contribution is -2.36. The van der Waals surface area contributed by atoms with E-state index in [9.17, 15) is 4.79 Å². The predicted octanol–water partition coefficient (Wildman–Crippen LogP) is 4.60. The molecule has 4 heterocycles. The number of dihydropyridines is 1. The van der Waals surface area contributed by atoms with Crippen LogP contribution in [0.5, 0.6) is 0 Å². The highest BCUT2D eigenvalue weighted by atomic mass is 35.5. The van der Waals surface area contributed by atoms with Crippen LogP contribution >= 0.6 is 11.6 Å². The molecule has 0 fully saturated rings. The summed E-state index contributed by atoms with van der Waals surface area (Å²) in [5.74, 6) is 1.24. The third-order valence-electron chi connectivity index (χ3n) is 6.80. The summed E-state index contributed by atoms with van der Waals surface area (Å²) in [5.41, 5.74) is 2.21. The molecule has 0 unspecified atom stereocenters. The molecule has 0 saturated heterocycles. The predicted molar refractivity (Wildman–Crippen MR) is 145 cm³/mol. The second kappa shape index (κ2) is 10.6. The van der Waals surface area contributed by atoms with Crippen LogP contribution in [-0.4, -0.2) is 34.3 Å². The number of tetrazole rings is 1. The van der Waals surface area contributed by atoms with Gasteiger partial charge in [0, 0.05) is 36.7 Å². The molecule has 10 heteroatoms. The van der Waals surface area contributed by atoms with Gasteiger partial charge < -0.3 is 9.88 Å². The van der Waals surface area contributed by atoms with Crippen LogP contribution in [0.25, 0.3) is 17.2 Å². The quantitative estimate of drug-likeness (QED) is 0.320. The van der Waals surface area contributed by atoms with Crippen molar-refractivity contribution < 1.29 is 0 Å². The molecule has 192 valence electrons. The van der Waals surface area contributed by atoms with Gasteiger partial charge in [0.05, 0.1) is 10.4 Å². The Morgan fingerprint density at radius 1 is 1.11 bits per heavy atom. The summed E-state index contributed by atoms with van der Waals surface area (Å²) in [6.07, 6.45) is 15.7. The van der Waals surface area contributed by atoms with E-state index in [2.05, 4.69) is 64.1 Å². The van der Waals surface area contributed by atoms with Gasteiger partial charge in [0.15, 0.2) is 0 Å². The number of imidazole rings is 1. The smallest absolute Gasteiger partial charge is 0.334 e. The SMILES string of the molecule is CCCCc1cn(-c2c(Cl)ccn2CCC)c(=O)n1CC1(c2cccc(-c3nn[nH]n3)c2)C=CNC=C1. The van der Waals surface area contributed by atoms with Crippen LogP contribution in [0.1, 0.15) is 44.4 Å². The van der Waals surface area contributed by atoms with E-state index in [1.54, 1.807) is 4.57 Å². The molecule has 0 spiro atoms. The number of aromatic nitrogens is 7. The Hall–Kier alpha value is -3.85. The number of aryl methyl sites for hydroxylation is 2. The van der Waals surface area contributed by atoms with E-state index in [-0.39, 0.29) is 5.69 Å². The zero-order valence-corrected chi connectivity index (χ0v) is 21.8. The summed E-state index contributed by atoms with van der Waals surface area (Å²) in [5, 5.41) is 18.2. The highest BCUT2D eigenvalue weighted by Crippen LogP contribution is 2.34. The van der Waals surface area contributed by atoms with Gasteiger partial charge in [0.1, 0.15) is 5.82 Å². The number of nitrogens with one attached hydrogen (secondary N) is 2. The van der Waals surface area contributed by atoms with E-state index in [0.717, 1.165) is 54.9 Å². The number of halogens is 1. The Kier molecular flexibility index (Phi) is 7.14. The van der Waals surface area contributed by atoms with Gasteiger partial charge in [-0.3, -0.25) is 9.13 Å². The van der Waals surface area contributed by atoms with Crippen LogP contribution in [-0.2, 0) is 24.9 Å². The van der Waals surface area contributed by atoms with Gasteiger partial charge in [-0.05, 0) is 54.6 Å². The largest absolute Gasteiger partial charge is 0.368 e. The van der Waals surface area contributed by atoms with Crippen molar-refractivity contribution in [3.8, 4) is 17.2 Å². The first-order valence-electron chi connectivity index (χ1n) is 12.7. The summed E-state index contributed by atoms with van der Waals surface area (Å²) < 4.78 is 5.66. The Morgan fingerprint density at radius 2 is 1.95 bits per heavy atom. The Bertz CT molecular complexity index is 1460. The molecular weight excluding hydrogens is 488 g/mol. The van der Waals surface area contributed by atoms with Gasteiger partial charge in [-0.25, -0.2) is 4.79 Å². The topological polar surface area (TPSA) is 98.4 Å². The average Bonchev–Trinajstić information content (AvgIpc) is 3.65. The van der Waals surface area contributed by atoms with E-state index >= 15 is 0 Å². The molecule has 37 heavy (non-hydrogen) atoms. The molecule has 4 aromatic rings. The highest BCUT2D eigenvalue weighted by Gasteiger charge is 2.32. The lowest BCUT2D eigenvalue weighted by Gasteiger charge is -2.31. The zero-order valence-electron chi connectivity index (χ0n) is 21.1. The first-order chi connectivity index (χ1) is 18.1. The number of rotatable bonds is 10. The molecular formula is C27H31ClN8O. The molecule has 0 saturated carbocycles. The molecule has 1 aromatic carbocycles. The lowest BCUT2D eigenvalue weighted by atomic mass is 9.78. The van der Waals surface area contributed by atoms with Crippen LogP contribution in [0, 0.1) is 0 Å². The van der Waals surface area contributed by atoms with E-state index < -0.39 is 5.41 Å². The lowest BCUT2D eigenvalue weighted by molar-refractivity contribution is 0.495. The molecule has 1 aliphatic rings. The summed E-state index contributed by atoms with van der Waals surface area (Å²) >= 11 is 6.59. The second-order valence-electron chi connectivity index (χ2n) is 9.33. The number of hydrogen-bond acceptors (Lipinski definition) is 5. The molecule has 0 atom stereocenters. The number of hydrogen-bond donors (Lipinski definition) is 2. The average molecular weight is 519 g/mol. The third kappa shape index (κ3) is 4.79. The second-order valence-corrected chi connectivity index (χ2v) is 9.74. The maximum absolute atomic E-state index is 14.0. The molecule has 9 nitrogen and oxygen atoms in total. The maximum atomic E-state index is 14.0. The van der Waals surface area contributed by atoms with Crippen LogP contribution in [0.4, 0.5) is 0 Å². The number of allylic oxidation sites excluding steroid dienone is 2. The monoisotopic (exact) mass is 518 g/mol. The molecule has 2 N–H and O–H groups in total. The zero-order chi connectivity index (χ0) is 25.8. The van der Waals surface area contributed by atoms with Crippen LogP contribution < -0.4 is 11.0 Å². The minimum Gasteiger partial charge on any atom is -0.368 e. The first kappa shape index (κ1) is 24.8. The van der Waals surface area contributed by atoms with Gasteiger partial charge in [-0.1, -0.05) is 62.2 Å². The van der Waals surface area contributed by atoms with E-state index in [0.29, 0.717) is 17.4 Å². The standard InChI is InChI=1S/C27H31ClN8O/c1-3-5-9-22-18-35(25-23(28)10-16-34(25)15-4-2)26(37)36(22)19-27(11-13-29-14-12-27)21-8-6-7-20(17-21)24-30-32-33-31-24/h6-8,10-14,16-18,29H,3-5,9,15,19H2,1-2H3,(H,30,31,32,33). The molecule has 0 aliphatic carbocycles. The molecule has 5 rings (SSSR count). The molecule has 1 aliphatic heterocycles. The van der Waals surface area contributed by atoms with E-state index in [1.807, 2.05) is 52.1 Å². The maximum Gasteiger partial charge on any atom is 0.334 e.